The summed E-state index contributed by atoms with van der Waals surface area (Å²) in [4.78, 5) is 42.4. The van der Waals surface area contributed by atoms with Gasteiger partial charge >= 0.3 is 0 Å². The molecule has 1 N–H and O–H groups in total. The van der Waals surface area contributed by atoms with Crippen LogP contribution in [0.2, 0.25) is 0 Å². The number of nitrogens with one attached hydrogen (secondary N) is 1. The van der Waals surface area contributed by atoms with Gasteiger partial charge in [-0.25, -0.2) is 9.97 Å². The Labute approximate surface area is 182 Å². The fraction of sp³-hybridized carbons (Fsp3) is 0.130. The molecule has 5 rings (SSSR count). The maximum atomic E-state index is 13.3. The number of furan rings is 1. The minimum atomic E-state index is -0.447. The molecule has 1 amide bonds. The van der Waals surface area contributed by atoms with Crippen LogP contribution in [0.15, 0.2) is 66.1 Å². The summed E-state index contributed by atoms with van der Waals surface area (Å²) in [6, 6.07) is 5.00. The van der Waals surface area contributed by atoms with Crippen LogP contribution in [-0.4, -0.2) is 36.2 Å². The molecule has 0 spiro atoms. The van der Waals surface area contributed by atoms with Gasteiger partial charge in [0.15, 0.2) is 11.5 Å². The standard InChI is InChI=1S/C23H18N6O3/c1-13(2)29-11-18(17-10-26-12-27-22(17)29)21(30)15-5-16(9-25-8-15)28-23(31)20-6-14-7-24-4-3-19(14)32-20/h3-13H,1-2H3,(H,28,31). The number of hydrogen-bond acceptors (Lipinski definition) is 7. The summed E-state index contributed by atoms with van der Waals surface area (Å²) in [5, 5.41) is 4.12. The maximum Gasteiger partial charge on any atom is 0.291 e. The highest BCUT2D eigenvalue weighted by Gasteiger charge is 2.20. The number of carbonyl (C=O) groups excluding carboxylic acids is 2. The molecular formula is C23H18N6O3. The van der Waals surface area contributed by atoms with E-state index in [0.717, 1.165) is 5.39 Å². The average Bonchev–Trinajstić information content (AvgIpc) is 3.41. The van der Waals surface area contributed by atoms with Crippen LogP contribution in [-0.2, 0) is 0 Å². The molecule has 32 heavy (non-hydrogen) atoms. The van der Waals surface area contributed by atoms with Crippen LogP contribution in [0.5, 0.6) is 0 Å². The van der Waals surface area contributed by atoms with Gasteiger partial charge in [-0.15, -0.1) is 0 Å². The summed E-state index contributed by atoms with van der Waals surface area (Å²) >= 11 is 0. The molecule has 5 aromatic rings. The highest BCUT2D eigenvalue weighted by molar-refractivity contribution is 6.16. The summed E-state index contributed by atoms with van der Waals surface area (Å²) in [5.41, 5.74) is 2.45. The van der Waals surface area contributed by atoms with E-state index >= 15 is 0 Å². The second-order valence-electron chi connectivity index (χ2n) is 7.57. The predicted octanol–water partition coefficient (Wildman–Crippen LogP) is 4.03. The molecule has 0 saturated carbocycles. The zero-order valence-electron chi connectivity index (χ0n) is 17.3. The Morgan fingerprint density at radius 1 is 1.06 bits per heavy atom. The lowest BCUT2D eigenvalue weighted by molar-refractivity contribution is 0.0996. The normalized spacial score (nSPS) is 11.3. The van der Waals surface area contributed by atoms with Crippen LogP contribution in [0.1, 0.15) is 46.4 Å². The summed E-state index contributed by atoms with van der Waals surface area (Å²) in [7, 11) is 0. The molecule has 0 bridgehead atoms. The van der Waals surface area contributed by atoms with Crippen LogP contribution >= 0.6 is 0 Å². The Kier molecular flexibility index (Phi) is 4.70. The number of pyridine rings is 2. The Balaban J connectivity index is 1.44. The number of aromatic nitrogens is 5. The van der Waals surface area contributed by atoms with Crippen molar-refractivity contribution in [1.29, 1.82) is 0 Å². The third kappa shape index (κ3) is 3.39. The highest BCUT2D eigenvalue weighted by Crippen LogP contribution is 2.25. The van der Waals surface area contributed by atoms with Crippen LogP contribution in [0.3, 0.4) is 0 Å². The molecule has 0 aliphatic heterocycles. The highest BCUT2D eigenvalue weighted by atomic mass is 16.3. The van der Waals surface area contributed by atoms with Gasteiger partial charge in [-0.1, -0.05) is 0 Å². The molecule has 0 aromatic carbocycles. The molecule has 0 unspecified atom stereocenters. The minimum Gasteiger partial charge on any atom is -0.451 e. The second-order valence-corrected chi connectivity index (χ2v) is 7.57. The zero-order chi connectivity index (χ0) is 22.2. The number of rotatable bonds is 5. The topological polar surface area (TPSA) is 116 Å². The number of carbonyl (C=O) groups is 2. The van der Waals surface area contributed by atoms with E-state index in [0.29, 0.717) is 33.4 Å². The van der Waals surface area contributed by atoms with Gasteiger partial charge in [-0.2, -0.15) is 0 Å². The van der Waals surface area contributed by atoms with Gasteiger partial charge in [-0.3, -0.25) is 19.6 Å². The van der Waals surface area contributed by atoms with Gasteiger partial charge < -0.3 is 14.3 Å². The largest absolute Gasteiger partial charge is 0.451 e. The third-order valence-corrected chi connectivity index (χ3v) is 5.09. The number of hydrogen-bond donors (Lipinski definition) is 1. The first-order valence-electron chi connectivity index (χ1n) is 9.96. The van der Waals surface area contributed by atoms with Gasteiger partial charge in [0.25, 0.3) is 5.91 Å². The predicted molar refractivity (Wildman–Crippen MR) is 118 cm³/mol. The zero-order valence-corrected chi connectivity index (χ0v) is 17.3. The SMILES string of the molecule is CC(C)n1cc(C(=O)c2cncc(NC(=O)c3cc4cnccc4o3)c2)c2cncnc21. The molecular weight excluding hydrogens is 408 g/mol. The van der Waals surface area contributed by atoms with E-state index in [1.165, 1.54) is 18.7 Å². The molecule has 0 radical (unpaired) electrons. The lowest BCUT2D eigenvalue weighted by Crippen LogP contribution is -2.12. The number of anilines is 1. The molecule has 9 nitrogen and oxygen atoms in total. The molecule has 0 saturated heterocycles. The van der Waals surface area contributed by atoms with Crippen molar-refractivity contribution in [2.45, 2.75) is 19.9 Å². The van der Waals surface area contributed by atoms with Crippen molar-refractivity contribution in [3.05, 3.63) is 78.6 Å². The van der Waals surface area contributed by atoms with Crippen LogP contribution < -0.4 is 5.32 Å². The lowest BCUT2D eigenvalue weighted by atomic mass is 10.1. The first kappa shape index (κ1) is 19.6. The Morgan fingerprint density at radius 2 is 1.94 bits per heavy atom. The van der Waals surface area contributed by atoms with Crippen molar-refractivity contribution in [3.8, 4) is 0 Å². The molecule has 0 fully saturated rings. The Hall–Kier alpha value is -4.40. The fourth-order valence-electron chi connectivity index (χ4n) is 3.54. The van der Waals surface area contributed by atoms with Gasteiger partial charge in [0.1, 0.15) is 17.6 Å². The van der Waals surface area contributed by atoms with Crippen molar-refractivity contribution in [2.24, 2.45) is 0 Å². The van der Waals surface area contributed by atoms with Crippen molar-refractivity contribution < 1.29 is 14.0 Å². The van der Waals surface area contributed by atoms with Gasteiger partial charge in [0.2, 0.25) is 0 Å². The number of nitrogens with zero attached hydrogens (tertiary/aromatic N) is 5. The minimum absolute atomic E-state index is 0.122. The van der Waals surface area contributed by atoms with Crippen molar-refractivity contribution >= 4 is 39.4 Å². The molecule has 0 aliphatic rings. The second kappa shape index (κ2) is 7.69. The average molecular weight is 426 g/mol. The van der Waals surface area contributed by atoms with E-state index in [4.69, 9.17) is 4.42 Å². The number of amides is 1. The monoisotopic (exact) mass is 426 g/mol. The van der Waals surface area contributed by atoms with E-state index in [1.807, 2.05) is 18.4 Å². The molecule has 0 atom stereocenters. The molecule has 158 valence electrons. The third-order valence-electron chi connectivity index (χ3n) is 5.09. The van der Waals surface area contributed by atoms with Gasteiger partial charge in [-0.05, 0) is 32.0 Å². The molecule has 5 aromatic heterocycles. The van der Waals surface area contributed by atoms with E-state index < -0.39 is 5.91 Å². The fourth-order valence-corrected chi connectivity index (χ4v) is 3.54. The smallest absolute Gasteiger partial charge is 0.291 e. The summed E-state index contributed by atoms with van der Waals surface area (Å²) in [6.07, 6.45) is 11.0. The maximum absolute atomic E-state index is 13.3. The van der Waals surface area contributed by atoms with Crippen LogP contribution in [0.25, 0.3) is 22.0 Å². The van der Waals surface area contributed by atoms with E-state index in [1.54, 1.807) is 43.0 Å². The first-order chi connectivity index (χ1) is 15.5. The molecule has 9 heteroatoms. The lowest BCUT2D eigenvalue weighted by Gasteiger charge is -2.07. The number of fused-ring (bicyclic) bond motifs is 2. The Morgan fingerprint density at radius 3 is 2.75 bits per heavy atom. The van der Waals surface area contributed by atoms with Gasteiger partial charge in [0.05, 0.1) is 17.4 Å². The van der Waals surface area contributed by atoms with Crippen molar-refractivity contribution in [3.63, 3.8) is 0 Å². The molecule has 0 aliphatic carbocycles. The summed E-state index contributed by atoms with van der Waals surface area (Å²) < 4.78 is 7.50. The van der Waals surface area contributed by atoms with Crippen molar-refractivity contribution in [1.82, 2.24) is 24.5 Å². The van der Waals surface area contributed by atoms with Gasteiger partial charge in [0, 0.05) is 53.4 Å². The van der Waals surface area contributed by atoms with E-state index in [9.17, 15) is 9.59 Å². The van der Waals surface area contributed by atoms with E-state index in [-0.39, 0.29) is 17.6 Å². The molecule has 5 heterocycles. The quantitative estimate of drug-likeness (QED) is 0.422. The Bertz CT molecular complexity index is 1450. The van der Waals surface area contributed by atoms with Crippen LogP contribution in [0, 0.1) is 0 Å². The number of ketones is 1. The summed E-state index contributed by atoms with van der Waals surface area (Å²) in [6.45, 7) is 4.03. The first-order valence-corrected chi connectivity index (χ1v) is 9.96. The summed E-state index contributed by atoms with van der Waals surface area (Å²) in [5.74, 6) is -0.540. The van der Waals surface area contributed by atoms with E-state index in [2.05, 4.69) is 25.3 Å². The van der Waals surface area contributed by atoms with Crippen molar-refractivity contribution in [2.75, 3.05) is 5.32 Å². The van der Waals surface area contributed by atoms with Crippen LogP contribution in [0.4, 0.5) is 5.69 Å².